The lowest BCUT2D eigenvalue weighted by Gasteiger charge is -2.16. The molecular weight excluding hydrogens is 222 g/mol. The zero-order valence-electron chi connectivity index (χ0n) is 9.42. The van der Waals surface area contributed by atoms with E-state index in [1.165, 1.54) is 4.88 Å². The van der Waals surface area contributed by atoms with Crippen molar-refractivity contribution in [3.05, 3.63) is 22.4 Å². The minimum atomic E-state index is 0.301. The summed E-state index contributed by atoms with van der Waals surface area (Å²) in [5.41, 5.74) is 0. The number of thiophene rings is 1. The topological polar surface area (TPSA) is 55.6 Å². The SMILES string of the molecule is CCCC(Nc1nnnn1C)c1cccs1. The maximum atomic E-state index is 3.94. The van der Waals surface area contributed by atoms with Crippen molar-refractivity contribution < 1.29 is 0 Å². The summed E-state index contributed by atoms with van der Waals surface area (Å²) in [6.45, 7) is 2.18. The molecule has 0 aromatic carbocycles. The van der Waals surface area contributed by atoms with E-state index >= 15 is 0 Å². The molecule has 2 heterocycles. The van der Waals surface area contributed by atoms with E-state index in [0.29, 0.717) is 12.0 Å². The number of nitrogens with one attached hydrogen (secondary N) is 1. The predicted octanol–water partition coefficient (Wildman–Crippen LogP) is 2.22. The molecule has 1 N–H and O–H groups in total. The third-order valence-corrected chi connectivity index (χ3v) is 3.37. The van der Waals surface area contributed by atoms with Crippen LogP contribution in [-0.2, 0) is 7.05 Å². The molecule has 6 heteroatoms. The fraction of sp³-hybridized carbons (Fsp3) is 0.500. The lowest BCUT2D eigenvalue weighted by atomic mass is 10.1. The summed E-state index contributed by atoms with van der Waals surface area (Å²) >= 11 is 1.76. The van der Waals surface area contributed by atoms with E-state index in [2.05, 4.69) is 45.3 Å². The van der Waals surface area contributed by atoms with Gasteiger partial charge in [-0.2, -0.15) is 0 Å². The van der Waals surface area contributed by atoms with Gasteiger partial charge in [0.25, 0.3) is 0 Å². The van der Waals surface area contributed by atoms with Gasteiger partial charge in [0.05, 0.1) is 6.04 Å². The molecule has 0 bridgehead atoms. The molecule has 0 radical (unpaired) electrons. The second-order valence-corrected chi connectivity index (χ2v) is 4.61. The minimum absolute atomic E-state index is 0.301. The van der Waals surface area contributed by atoms with E-state index in [1.807, 2.05) is 7.05 Å². The van der Waals surface area contributed by atoms with Crippen molar-refractivity contribution in [2.75, 3.05) is 5.32 Å². The fourth-order valence-corrected chi connectivity index (χ4v) is 2.38. The van der Waals surface area contributed by atoms with E-state index in [0.717, 1.165) is 12.8 Å². The Hall–Kier alpha value is -1.43. The smallest absolute Gasteiger partial charge is 0.243 e. The number of hydrogen-bond acceptors (Lipinski definition) is 5. The summed E-state index contributed by atoms with van der Waals surface area (Å²) in [5.74, 6) is 0.715. The minimum Gasteiger partial charge on any atom is -0.345 e. The summed E-state index contributed by atoms with van der Waals surface area (Å²) in [6.07, 6.45) is 2.20. The predicted molar refractivity (Wildman–Crippen MR) is 64.4 cm³/mol. The van der Waals surface area contributed by atoms with E-state index in [4.69, 9.17) is 0 Å². The molecule has 2 aromatic rings. The average Bonchev–Trinajstić information content (AvgIpc) is 2.90. The molecule has 1 atom stereocenters. The van der Waals surface area contributed by atoms with Gasteiger partial charge in [-0.25, -0.2) is 4.68 Å². The van der Waals surface area contributed by atoms with Gasteiger partial charge in [0, 0.05) is 11.9 Å². The Morgan fingerprint density at radius 2 is 2.44 bits per heavy atom. The normalized spacial score (nSPS) is 12.6. The quantitative estimate of drug-likeness (QED) is 0.866. The van der Waals surface area contributed by atoms with Gasteiger partial charge in [-0.15, -0.1) is 11.3 Å². The van der Waals surface area contributed by atoms with Crippen LogP contribution in [0.2, 0.25) is 0 Å². The van der Waals surface area contributed by atoms with Crippen molar-refractivity contribution >= 4 is 17.3 Å². The van der Waals surface area contributed by atoms with Gasteiger partial charge in [-0.1, -0.05) is 24.5 Å². The fourth-order valence-electron chi connectivity index (χ4n) is 1.57. The van der Waals surface area contributed by atoms with Gasteiger partial charge in [0.15, 0.2) is 0 Å². The first-order valence-corrected chi connectivity index (χ1v) is 6.21. The molecule has 0 fully saturated rings. The molecule has 0 saturated carbocycles. The molecule has 0 spiro atoms. The number of hydrogen-bond donors (Lipinski definition) is 1. The molecule has 1 unspecified atom stereocenters. The number of anilines is 1. The summed E-state index contributed by atoms with van der Waals surface area (Å²) in [5, 5.41) is 16.8. The Kier molecular flexibility index (Phi) is 3.51. The molecule has 0 amide bonds. The number of nitrogens with zero attached hydrogens (tertiary/aromatic N) is 4. The number of aryl methyl sites for hydroxylation is 1. The van der Waals surface area contributed by atoms with Gasteiger partial charge in [0.1, 0.15) is 0 Å². The van der Waals surface area contributed by atoms with E-state index < -0.39 is 0 Å². The van der Waals surface area contributed by atoms with Gasteiger partial charge in [0.2, 0.25) is 5.95 Å². The van der Waals surface area contributed by atoms with Gasteiger partial charge < -0.3 is 5.32 Å². The molecule has 2 aromatic heterocycles. The van der Waals surface area contributed by atoms with Crippen LogP contribution in [0.5, 0.6) is 0 Å². The van der Waals surface area contributed by atoms with Crippen LogP contribution in [0.25, 0.3) is 0 Å². The maximum Gasteiger partial charge on any atom is 0.243 e. The van der Waals surface area contributed by atoms with Crippen LogP contribution in [0.3, 0.4) is 0 Å². The summed E-state index contributed by atoms with van der Waals surface area (Å²) in [4.78, 5) is 1.32. The van der Waals surface area contributed by atoms with Gasteiger partial charge >= 0.3 is 0 Å². The van der Waals surface area contributed by atoms with Crippen LogP contribution in [-0.4, -0.2) is 20.2 Å². The molecule has 86 valence electrons. The summed E-state index contributed by atoms with van der Waals surface area (Å²) in [6, 6.07) is 4.51. The van der Waals surface area contributed by atoms with Gasteiger partial charge in [-0.3, -0.25) is 0 Å². The van der Waals surface area contributed by atoms with Crippen molar-refractivity contribution in [1.29, 1.82) is 0 Å². The Balaban J connectivity index is 2.12. The third kappa shape index (κ3) is 2.38. The molecule has 2 rings (SSSR count). The first kappa shape index (κ1) is 11.1. The van der Waals surface area contributed by atoms with Crippen LogP contribution >= 0.6 is 11.3 Å². The molecule has 0 saturated heterocycles. The molecular formula is C10H15N5S. The van der Waals surface area contributed by atoms with Crippen molar-refractivity contribution in [3.63, 3.8) is 0 Å². The van der Waals surface area contributed by atoms with Crippen molar-refractivity contribution in [3.8, 4) is 0 Å². The monoisotopic (exact) mass is 237 g/mol. The highest BCUT2D eigenvalue weighted by Crippen LogP contribution is 2.26. The Bertz CT molecular complexity index is 422. The zero-order chi connectivity index (χ0) is 11.4. The summed E-state index contributed by atoms with van der Waals surface area (Å²) in [7, 11) is 1.83. The maximum absolute atomic E-state index is 3.94. The molecule has 5 nitrogen and oxygen atoms in total. The highest BCUT2D eigenvalue weighted by molar-refractivity contribution is 7.10. The number of rotatable bonds is 5. The molecule has 0 aliphatic heterocycles. The largest absolute Gasteiger partial charge is 0.345 e. The van der Waals surface area contributed by atoms with Crippen LogP contribution in [0.1, 0.15) is 30.7 Å². The van der Waals surface area contributed by atoms with Crippen LogP contribution in [0.4, 0.5) is 5.95 Å². The average molecular weight is 237 g/mol. The van der Waals surface area contributed by atoms with Crippen molar-refractivity contribution in [2.24, 2.45) is 7.05 Å². The van der Waals surface area contributed by atoms with Crippen LogP contribution in [0, 0.1) is 0 Å². The first-order valence-electron chi connectivity index (χ1n) is 5.33. The van der Waals surface area contributed by atoms with Crippen LogP contribution < -0.4 is 5.32 Å². The van der Waals surface area contributed by atoms with Crippen molar-refractivity contribution in [2.45, 2.75) is 25.8 Å². The Labute approximate surface area is 98.5 Å². The van der Waals surface area contributed by atoms with E-state index in [9.17, 15) is 0 Å². The second kappa shape index (κ2) is 5.07. The van der Waals surface area contributed by atoms with Gasteiger partial charge in [-0.05, 0) is 28.3 Å². The highest BCUT2D eigenvalue weighted by atomic mass is 32.1. The molecule has 0 aliphatic carbocycles. The Morgan fingerprint density at radius 1 is 1.56 bits per heavy atom. The van der Waals surface area contributed by atoms with E-state index in [1.54, 1.807) is 16.0 Å². The lowest BCUT2D eigenvalue weighted by Crippen LogP contribution is -2.12. The molecule has 16 heavy (non-hydrogen) atoms. The van der Waals surface area contributed by atoms with Crippen molar-refractivity contribution in [1.82, 2.24) is 20.2 Å². The van der Waals surface area contributed by atoms with E-state index in [-0.39, 0.29) is 0 Å². The highest BCUT2D eigenvalue weighted by Gasteiger charge is 2.14. The lowest BCUT2D eigenvalue weighted by molar-refractivity contribution is 0.661. The number of tetrazole rings is 1. The molecule has 0 aliphatic rings. The van der Waals surface area contributed by atoms with Crippen LogP contribution in [0.15, 0.2) is 17.5 Å². The third-order valence-electron chi connectivity index (χ3n) is 2.39. The number of aromatic nitrogens is 4. The Morgan fingerprint density at radius 3 is 3.00 bits per heavy atom. The second-order valence-electron chi connectivity index (χ2n) is 3.63. The zero-order valence-corrected chi connectivity index (χ0v) is 10.2. The standard InChI is InChI=1S/C10H15N5S/c1-3-5-8(9-6-4-7-16-9)11-10-12-13-14-15(10)2/h4,6-8H,3,5H2,1-2H3,(H,11,12,14). The summed E-state index contributed by atoms with van der Waals surface area (Å²) < 4.78 is 1.65. The first-order chi connectivity index (χ1) is 7.81.